The Hall–Kier alpha value is -1.35. The summed E-state index contributed by atoms with van der Waals surface area (Å²) in [6, 6.07) is 7.20. The van der Waals surface area contributed by atoms with E-state index in [2.05, 4.69) is 44.3 Å². The first-order valence-electron chi connectivity index (χ1n) is 7.54. The van der Waals surface area contributed by atoms with Crippen LogP contribution in [0.4, 0.5) is 0 Å². The molecule has 0 bridgehead atoms. The maximum absolute atomic E-state index is 11.0. The van der Waals surface area contributed by atoms with Gasteiger partial charge in [-0.05, 0) is 63.1 Å². The summed E-state index contributed by atoms with van der Waals surface area (Å²) in [7, 11) is 0. The molecular formula is C17H25NO2. The van der Waals surface area contributed by atoms with Crippen molar-refractivity contribution >= 4 is 5.97 Å². The molecular weight excluding hydrogens is 250 g/mol. The third kappa shape index (κ3) is 3.40. The number of rotatable bonds is 4. The average molecular weight is 275 g/mol. The molecule has 20 heavy (non-hydrogen) atoms. The molecule has 1 aliphatic rings. The van der Waals surface area contributed by atoms with Gasteiger partial charge in [-0.2, -0.15) is 0 Å². The van der Waals surface area contributed by atoms with Crippen molar-refractivity contribution < 1.29 is 9.90 Å². The molecule has 1 atom stereocenters. The van der Waals surface area contributed by atoms with Crippen LogP contribution in [0.1, 0.15) is 55.3 Å². The molecule has 1 aromatic carbocycles. The fraction of sp³-hybridized carbons (Fsp3) is 0.588. The first-order valence-corrected chi connectivity index (χ1v) is 7.54. The van der Waals surface area contributed by atoms with E-state index >= 15 is 0 Å². The van der Waals surface area contributed by atoms with Crippen molar-refractivity contribution in [3.8, 4) is 0 Å². The van der Waals surface area contributed by atoms with Crippen molar-refractivity contribution in [3.63, 3.8) is 0 Å². The van der Waals surface area contributed by atoms with Crippen molar-refractivity contribution in [3.05, 3.63) is 34.9 Å². The van der Waals surface area contributed by atoms with Gasteiger partial charge in [-0.3, -0.25) is 4.79 Å². The summed E-state index contributed by atoms with van der Waals surface area (Å²) in [6.07, 6.45) is 3.53. The Morgan fingerprint density at radius 3 is 2.50 bits per heavy atom. The molecule has 0 radical (unpaired) electrons. The Balaban J connectivity index is 1.94. The highest BCUT2D eigenvalue weighted by molar-refractivity contribution is 5.70. The van der Waals surface area contributed by atoms with Gasteiger partial charge in [0.2, 0.25) is 0 Å². The van der Waals surface area contributed by atoms with Crippen LogP contribution in [0.2, 0.25) is 0 Å². The molecule has 1 aliphatic carbocycles. The zero-order chi connectivity index (χ0) is 14.7. The summed E-state index contributed by atoms with van der Waals surface area (Å²) in [5.41, 5.74) is 4.03. The van der Waals surface area contributed by atoms with E-state index in [1.54, 1.807) is 0 Å². The Morgan fingerprint density at radius 1 is 1.25 bits per heavy atom. The van der Waals surface area contributed by atoms with Gasteiger partial charge in [0.1, 0.15) is 0 Å². The van der Waals surface area contributed by atoms with Crippen molar-refractivity contribution in [1.29, 1.82) is 0 Å². The molecule has 110 valence electrons. The minimum Gasteiger partial charge on any atom is -0.481 e. The number of carbonyl (C=O) groups is 1. The van der Waals surface area contributed by atoms with Crippen molar-refractivity contribution in [2.75, 3.05) is 0 Å². The number of benzene rings is 1. The monoisotopic (exact) mass is 275 g/mol. The molecule has 1 unspecified atom stereocenters. The summed E-state index contributed by atoms with van der Waals surface area (Å²) in [6.45, 7) is 6.51. The van der Waals surface area contributed by atoms with Gasteiger partial charge >= 0.3 is 5.97 Å². The summed E-state index contributed by atoms with van der Waals surface area (Å²) >= 11 is 0. The zero-order valence-electron chi connectivity index (χ0n) is 12.6. The van der Waals surface area contributed by atoms with Crippen LogP contribution >= 0.6 is 0 Å². The fourth-order valence-corrected chi connectivity index (χ4v) is 3.19. The number of hydrogen-bond acceptors (Lipinski definition) is 2. The minimum absolute atomic E-state index is 0.135. The predicted molar refractivity (Wildman–Crippen MR) is 80.8 cm³/mol. The standard InChI is InChI=1S/C17H25NO2/c1-11-5-4-6-16(12(11)2)13(3)18-15-9-7-14(8-10-15)17(19)20/h4-6,13-15,18H,7-10H2,1-3H3,(H,19,20). The number of aliphatic carboxylic acids is 1. The van der Waals surface area contributed by atoms with E-state index in [0.29, 0.717) is 12.1 Å². The van der Waals surface area contributed by atoms with E-state index in [-0.39, 0.29) is 5.92 Å². The van der Waals surface area contributed by atoms with Crippen LogP contribution in [0, 0.1) is 19.8 Å². The molecule has 0 saturated heterocycles. The van der Waals surface area contributed by atoms with Crippen LogP contribution in [0.25, 0.3) is 0 Å². The summed E-state index contributed by atoms with van der Waals surface area (Å²) < 4.78 is 0. The number of aryl methyl sites for hydroxylation is 1. The lowest BCUT2D eigenvalue weighted by Gasteiger charge is -2.30. The SMILES string of the molecule is Cc1cccc(C(C)NC2CCC(C(=O)O)CC2)c1C. The van der Waals surface area contributed by atoms with E-state index in [9.17, 15) is 4.79 Å². The quantitative estimate of drug-likeness (QED) is 0.882. The average Bonchev–Trinajstić information content (AvgIpc) is 2.42. The minimum atomic E-state index is -0.633. The predicted octanol–water partition coefficient (Wildman–Crippen LogP) is 3.60. The molecule has 0 spiro atoms. The molecule has 1 aromatic rings. The Bertz CT molecular complexity index is 476. The third-order valence-electron chi connectivity index (χ3n) is 4.68. The van der Waals surface area contributed by atoms with E-state index in [1.165, 1.54) is 16.7 Å². The third-order valence-corrected chi connectivity index (χ3v) is 4.68. The van der Waals surface area contributed by atoms with Crippen LogP contribution in [-0.4, -0.2) is 17.1 Å². The molecule has 2 rings (SSSR count). The normalized spacial score (nSPS) is 24.4. The smallest absolute Gasteiger partial charge is 0.306 e. The van der Waals surface area contributed by atoms with Crippen molar-refractivity contribution in [1.82, 2.24) is 5.32 Å². The highest BCUT2D eigenvalue weighted by Gasteiger charge is 2.26. The molecule has 1 saturated carbocycles. The molecule has 1 fully saturated rings. The highest BCUT2D eigenvalue weighted by Crippen LogP contribution is 2.27. The molecule has 0 amide bonds. The second-order valence-electron chi connectivity index (χ2n) is 6.06. The summed E-state index contributed by atoms with van der Waals surface area (Å²) in [4.78, 5) is 11.0. The second-order valence-corrected chi connectivity index (χ2v) is 6.06. The van der Waals surface area contributed by atoms with Gasteiger partial charge in [0.05, 0.1) is 5.92 Å². The van der Waals surface area contributed by atoms with E-state index in [4.69, 9.17) is 5.11 Å². The molecule has 0 aromatic heterocycles. The largest absolute Gasteiger partial charge is 0.481 e. The number of carboxylic acid groups (broad SMARTS) is 1. The number of carboxylic acids is 1. The first-order chi connectivity index (χ1) is 9.49. The van der Waals surface area contributed by atoms with Gasteiger partial charge in [-0.1, -0.05) is 18.2 Å². The lowest BCUT2D eigenvalue weighted by atomic mass is 9.85. The second kappa shape index (κ2) is 6.40. The van der Waals surface area contributed by atoms with Gasteiger partial charge in [0, 0.05) is 12.1 Å². The topological polar surface area (TPSA) is 49.3 Å². The van der Waals surface area contributed by atoms with Gasteiger partial charge < -0.3 is 10.4 Å². The maximum atomic E-state index is 11.0. The van der Waals surface area contributed by atoms with Crippen LogP contribution in [-0.2, 0) is 4.79 Å². The van der Waals surface area contributed by atoms with Crippen LogP contribution in [0.15, 0.2) is 18.2 Å². The molecule has 3 heteroatoms. The van der Waals surface area contributed by atoms with E-state index < -0.39 is 5.97 Å². The van der Waals surface area contributed by atoms with Crippen LogP contribution in [0.3, 0.4) is 0 Å². The number of hydrogen-bond donors (Lipinski definition) is 2. The number of nitrogens with one attached hydrogen (secondary N) is 1. The Labute approximate surface area is 121 Å². The maximum Gasteiger partial charge on any atom is 0.306 e. The van der Waals surface area contributed by atoms with Crippen molar-refractivity contribution in [2.45, 2.75) is 58.5 Å². The van der Waals surface area contributed by atoms with Crippen LogP contribution in [0.5, 0.6) is 0 Å². The molecule has 2 N–H and O–H groups in total. The zero-order valence-corrected chi connectivity index (χ0v) is 12.6. The molecule has 0 aliphatic heterocycles. The summed E-state index contributed by atoms with van der Waals surface area (Å²) in [5.74, 6) is -0.768. The van der Waals surface area contributed by atoms with E-state index in [0.717, 1.165) is 25.7 Å². The lowest BCUT2D eigenvalue weighted by Crippen LogP contribution is -2.36. The van der Waals surface area contributed by atoms with Gasteiger partial charge in [-0.15, -0.1) is 0 Å². The lowest BCUT2D eigenvalue weighted by molar-refractivity contribution is -0.142. The highest BCUT2D eigenvalue weighted by atomic mass is 16.4. The Kier molecular flexibility index (Phi) is 4.81. The van der Waals surface area contributed by atoms with Crippen molar-refractivity contribution in [2.24, 2.45) is 5.92 Å². The van der Waals surface area contributed by atoms with Gasteiger partial charge in [0.25, 0.3) is 0 Å². The molecule has 0 heterocycles. The fourth-order valence-electron chi connectivity index (χ4n) is 3.19. The van der Waals surface area contributed by atoms with E-state index in [1.807, 2.05) is 0 Å². The van der Waals surface area contributed by atoms with Crippen LogP contribution < -0.4 is 5.32 Å². The molecule has 3 nitrogen and oxygen atoms in total. The van der Waals surface area contributed by atoms with Gasteiger partial charge in [-0.25, -0.2) is 0 Å². The first kappa shape index (κ1) is 15.0. The summed E-state index contributed by atoms with van der Waals surface area (Å²) in [5, 5.41) is 12.7. The Morgan fingerprint density at radius 2 is 1.90 bits per heavy atom. The van der Waals surface area contributed by atoms with Gasteiger partial charge in [0.15, 0.2) is 0 Å².